The molecule has 1 unspecified atom stereocenters. The highest BCUT2D eigenvalue weighted by Crippen LogP contribution is 2.16. The molecule has 15 heavy (non-hydrogen) atoms. The highest BCUT2D eigenvalue weighted by Gasteiger charge is 2.23. The molecule has 3 nitrogen and oxygen atoms in total. The van der Waals surface area contributed by atoms with Crippen molar-refractivity contribution in [3.63, 3.8) is 0 Å². The Morgan fingerprint density at radius 3 is 2.73 bits per heavy atom. The molecule has 0 bridgehead atoms. The summed E-state index contributed by atoms with van der Waals surface area (Å²) in [5.74, 6) is 0.108. The van der Waals surface area contributed by atoms with Crippen molar-refractivity contribution in [3.8, 4) is 5.75 Å². The van der Waals surface area contributed by atoms with Gasteiger partial charge in [-0.1, -0.05) is 0 Å². The highest BCUT2D eigenvalue weighted by atomic mass is 19.1. The Balaban J connectivity index is 1.83. The van der Waals surface area contributed by atoms with Crippen molar-refractivity contribution in [2.24, 2.45) is 0 Å². The lowest BCUT2D eigenvalue weighted by atomic mass is 10.2. The van der Waals surface area contributed by atoms with Crippen molar-refractivity contribution in [2.45, 2.75) is 18.9 Å². The number of carbonyl (C=O) groups is 1. The SMILES string of the molecule is O=C1CCC(COc2ccc(F)cc2)O1. The van der Waals surface area contributed by atoms with Gasteiger partial charge in [0.05, 0.1) is 0 Å². The summed E-state index contributed by atoms with van der Waals surface area (Å²) in [7, 11) is 0. The first kappa shape index (κ1) is 9.96. The van der Waals surface area contributed by atoms with E-state index in [4.69, 9.17) is 9.47 Å². The van der Waals surface area contributed by atoms with Crippen molar-refractivity contribution in [3.05, 3.63) is 30.1 Å². The number of halogens is 1. The van der Waals surface area contributed by atoms with E-state index in [0.717, 1.165) is 0 Å². The lowest BCUT2D eigenvalue weighted by Gasteiger charge is -2.10. The minimum atomic E-state index is -0.297. The van der Waals surface area contributed by atoms with Gasteiger partial charge in [0.15, 0.2) is 0 Å². The average molecular weight is 210 g/mol. The Bertz CT molecular complexity index is 347. The van der Waals surface area contributed by atoms with Gasteiger partial charge in [0.25, 0.3) is 0 Å². The summed E-state index contributed by atoms with van der Waals surface area (Å²) >= 11 is 0. The number of benzene rings is 1. The molecule has 1 aliphatic rings. The zero-order valence-electron chi connectivity index (χ0n) is 8.11. The third kappa shape index (κ3) is 2.68. The highest BCUT2D eigenvalue weighted by molar-refractivity contribution is 5.71. The van der Waals surface area contributed by atoms with Crippen molar-refractivity contribution < 1.29 is 18.7 Å². The Kier molecular flexibility index (Phi) is 2.85. The van der Waals surface area contributed by atoms with Crippen molar-refractivity contribution in [1.29, 1.82) is 0 Å². The van der Waals surface area contributed by atoms with Crippen molar-refractivity contribution >= 4 is 5.97 Å². The van der Waals surface area contributed by atoms with Crippen LogP contribution in [0, 0.1) is 5.82 Å². The summed E-state index contributed by atoms with van der Waals surface area (Å²) in [6, 6.07) is 5.75. The second-order valence-electron chi connectivity index (χ2n) is 3.42. The molecule has 1 aromatic rings. The van der Waals surface area contributed by atoms with E-state index in [1.165, 1.54) is 12.1 Å². The molecule has 0 saturated carbocycles. The average Bonchev–Trinajstić information content (AvgIpc) is 2.64. The zero-order valence-corrected chi connectivity index (χ0v) is 8.11. The summed E-state index contributed by atoms with van der Waals surface area (Å²) in [6.07, 6.45) is 0.986. The molecule has 1 aromatic carbocycles. The molecule has 0 spiro atoms. The molecule has 80 valence electrons. The maximum atomic E-state index is 12.6. The van der Waals surface area contributed by atoms with Crippen LogP contribution in [0.3, 0.4) is 0 Å². The molecule has 1 aliphatic heterocycles. The molecule has 1 heterocycles. The van der Waals surface area contributed by atoms with Gasteiger partial charge in [-0.2, -0.15) is 0 Å². The monoisotopic (exact) mass is 210 g/mol. The lowest BCUT2D eigenvalue weighted by molar-refractivity contribution is -0.142. The normalized spacial score (nSPS) is 20.1. The van der Waals surface area contributed by atoms with Crippen LogP contribution in [0.2, 0.25) is 0 Å². The van der Waals surface area contributed by atoms with Crippen LogP contribution in [0.4, 0.5) is 4.39 Å². The quantitative estimate of drug-likeness (QED) is 0.715. The second-order valence-corrected chi connectivity index (χ2v) is 3.42. The largest absolute Gasteiger partial charge is 0.490 e. The molecule has 4 heteroatoms. The molecule has 1 fully saturated rings. The summed E-state index contributed by atoms with van der Waals surface area (Å²) in [5.41, 5.74) is 0. The number of cyclic esters (lactones) is 1. The van der Waals surface area contributed by atoms with E-state index in [9.17, 15) is 9.18 Å². The van der Waals surface area contributed by atoms with Gasteiger partial charge in [0.2, 0.25) is 0 Å². The summed E-state index contributed by atoms with van der Waals surface area (Å²) in [6.45, 7) is 0.331. The Labute approximate surface area is 86.8 Å². The van der Waals surface area contributed by atoms with E-state index in [-0.39, 0.29) is 17.9 Å². The van der Waals surface area contributed by atoms with Gasteiger partial charge in [-0.3, -0.25) is 4.79 Å². The van der Waals surface area contributed by atoms with E-state index in [1.54, 1.807) is 12.1 Å². The van der Waals surface area contributed by atoms with E-state index in [2.05, 4.69) is 0 Å². The van der Waals surface area contributed by atoms with Gasteiger partial charge in [-0.25, -0.2) is 4.39 Å². The number of rotatable bonds is 3. The molecule has 0 radical (unpaired) electrons. The fraction of sp³-hybridized carbons (Fsp3) is 0.364. The number of hydrogen-bond donors (Lipinski definition) is 0. The predicted molar refractivity (Wildman–Crippen MR) is 51.0 cm³/mol. The summed E-state index contributed by atoms with van der Waals surface area (Å²) < 4.78 is 22.9. The van der Waals surface area contributed by atoms with Gasteiger partial charge in [-0.15, -0.1) is 0 Å². The van der Waals surface area contributed by atoms with Crippen LogP contribution in [0.1, 0.15) is 12.8 Å². The Morgan fingerprint density at radius 1 is 1.40 bits per heavy atom. The Hall–Kier alpha value is -1.58. The van der Waals surface area contributed by atoms with E-state index < -0.39 is 0 Å². The third-order valence-electron chi connectivity index (χ3n) is 2.22. The van der Waals surface area contributed by atoms with Crippen LogP contribution in [0.25, 0.3) is 0 Å². The van der Waals surface area contributed by atoms with Crippen LogP contribution >= 0.6 is 0 Å². The van der Waals surface area contributed by atoms with Crippen LogP contribution < -0.4 is 4.74 Å². The lowest BCUT2D eigenvalue weighted by Crippen LogP contribution is -2.17. The third-order valence-corrected chi connectivity index (χ3v) is 2.22. The van der Waals surface area contributed by atoms with Crippen LogP contribution in [0.5, 0.6) is 5.75 Å². The molecule has 2 rings (SSSR count). The van der Waals surface area contributed by atoms with Gasteiger partial charge < -0.3 is 9.47 Å². The Morgan fingerprint density at radius 2 is 2.13 bits per heavy atom. The number of ether oxygens (including phenoxy) is 2. The topological polar surface area (TPSA) is 35.5 Å². The molecule has 0 aliphatic carbocycles. The van der Waals surface area contributed by atoms with Crippen LogP contribution in [-0.2, 0) is 9.53 Å². The van der Waals surface area contributed by atoms with Gasteiger partial charge in [0.1, 0.15) is 24.3 Å². The van der Waals surface area contributed by atoms with Gasteiger partial charge in [0, 0.05) is 6.42 Å². The van der Waals surface area contributed by atoms with Crippen LogP contribution in [0.15, 0.2) is 24.3 Å². The number of hydrogen-bond acceptors (Lipinski definition) is 3. The second kappa shape index (κ2) is 4.29. The standard InChI is InChI=1S/C11H11FO3/c12-8-1-3-9(4-2-8)14-7-10-5-6-11(13)15-10/h1-4,10H,5-7H2. The molecule has 1 atom stereocenters. The molecular weight excluding hydrogens is 199 g/mol. The number of carbonyl (C=O) groups excluding carboxylic acids is 1. The van der Waals surface area contributed by atoms with E-state index in [1.807, 2.05) is 0 Å². The van der Waals surface area contributed by atoms with Crippen LogP contribution in [-0.4, -0.2) is 18.7 Å². The molecule has 0 N–H and O–H groups in total. The molecule has 1 saturated heterocycles. The first-order chi connectivity index (χ1) is 7.24. The predicted octanol–water partition coefficient (Wildman–Crippen LogP) is 1.91. The first-order valence-electron chi connectivity index (χ1n) is 4.82. The maximum absolute atomic E-state index is 12.6. The maximum Gasteiger partial charge on any atom is 0.306 e. The summed E-state index contributed by atoms with van der Waals surface area (Å²) in [5, 5.41) is 0. The minimum absolute atomic E-state index is 0.164. The van der Waals surface area contributed by atoms with E-state index >= 15 is 0 Å². The van der Waals surface area contributed by atoms with Crippen molar-refractivity contribution in [2.75, 3.05) is 6.61 Å². The van der Waals surface area contributed by atoms with Gasteiger partial charge in [-0.05, 0) is 30.7 Å². The molecular formula is C11H11FO3. The van der Waals surface area contributed by atoms with Gasteiger partial charge >= 0.3 is 5.97 Å². The van der Waals surface area contributed by atoms with E-state index in [0.29, 0.717) is 25.2 Å². The first-order valence-corrected chi connectivity index (χ1v) is 4.82. The minimum Gasteiger partial charge on any atom is -0.490 e. The number of esters is 1. The summed E-state index contributed by atoms with van der Waals surface area (Å²) in [4.78, 5) is 10.8. The molecule has 0 aromatic heterocycles. The molecule has 0 amide bonds. The zero-order chi connectivity index (χ0) is 10.7. The fourth-order valence-corrected chi connectivity index (χ4v) is 1.42. The van der Waals surface area contributed by atoms with Crippen molar-refractivity contribution in [1.82, 2.24) is 0 Å². The smallest absolute Gasteiger partial charge is 0.306 e. The fourth-order valence-electron chi connectivity index (χ4n) is 1.42.